The molecule has 30 heavy (non-hydrogen) atoms. The van der Waals surface area contributed by atoms with E-state index in [0.717, 1.165) is 4.90 Å². The topological polar surface area (TPSA) is 110 Å². The van der Waals surface area contributed by atoms with E-state index in [-0.39, 0.29) is 17.7 Å². The van der Waals surface area contributed by atoms with E-state index in [9.17, 15) is 24.5 Å². The van der Waals surface area contributed by atoms with Gasteiger partial charge in [0.1, 0.15) is 0 Å². The number of benzene rings is 3. The molecule has 0 radical (unpaired) electrons. The van der Waals surface area contributed by atoms with Crippen molar-refractivity contribution < 1.29 is 19.3 Å². The molecule has 3 aromatic carbocycles. The number of hydrogen-bond donors (Lipinski definition) is 1. The van der Waals surface area contributed by atoms with Gasteiger partial charge in [0.05, 0.1) is 28.2 Å². The Labute approximate surface area is 170 Å². The van der Waals surface area contributed by atoms with Gasteiger partial charge < -0.3 is 5.32 Å². The van der Waals surface area contributed by atoms with Crippen LogP contribution in [0.2, 0.25) is 0 Å². The van der Waals surface area contributed by atoms with Gasteiger partial charge in [-0.3, -0.25) is 24.5 Å². The first-order chi connectivity index (χ1) is 14.5. The van der Waals surface area contributed by atoms with Crippen molar-refractivity contribution in [3.63, 3.8) is 0 Å². The molecule has 0 saturated carbocycles. The molecule has 3 amide bonds. The molecule has 0 atom stereocenters. The van der Waals surface area contributed by atoms with Gasteiger partial charge in [-0.15, -0.1) is 0 Å². The molecular formula is C22H15N3O5. The second kappa shape index (κ2) is 7.59. The van der Waals surface area contributed by atoms with Crippen LogP contribution in [0.3, 0.4) is 0 Å². The molecule has 1 N–H and O–H groups in total. The van der Waals surface area contributed by atoms with E-state index >= 15 is 0 Å². The third-order valence-corrected chi connectivity index (χ3v) is 4.72. The summed E-state index contributed by atoms with van der Waals surface area (Å²) in [5, 5.41) is 13.8. The predicted molar refractivity (Wildman–Crippen MR) is 109 cm³/mol. The van der Waals surface area contributed by atoms with Crippen LogP contribution in [0.15, 0.2) is 72.8 Å². The van der Waals surface area contributed by atoms with Crippen molar-refractivity contribution in [2.75, 3.05) is 10.2 Å². The molecule has 0 bridgehead atoms. The summed E-state index contributed by atoms with van der Waals surface area (Å²) in [6.45, 7) is 0. The maximum absolute atomic E-state index is 12.6. The van der Waals surface area contributed by atoms with Crippen LogP contribution in [0.4, 0.5) is 17.1 Å². The molecule has 0 aromatic heterocycles. The average Bonchev–Trinajstić information content (AvgIpc) is 2.99. The quantitative estimate of drug-likeness (QED) is 0.399. The number of nitrogens with zero attached hydrogens (tertiary/aromatic N) is 2. The third-order valence-electron chi connectivity index (χ3n) is 4.72. The number of amides is 3. The van der Waals surface area contributed by atoms with Crippen molar-refractivity contribution in [3.8, 4) is 0 Å². The minimum Gasteiger partial charge on any atom is -0.326 e. The normalized spacial score (nSPS) is 12.6. The highest BCUT2D eigenvalue weighted by molar-refractivity contribution is 6.34. The number of fused-ring (bicyclic) bond motifs is 1. The molecule has 148 valence electrons. The summed E-state index contributed by atoms with van der Waals surface area (Å²) in [5.74, 6) is -1.32. The van der Waals surface area contributed by atoms with E-state index in [0.29, 0.717) is 22.5 Å². The van der Waals surface area contributed by atoms with E-state index in [4.69, 9.17) is 0 Å². The van der Waals surface area contributed by atoms with Crippen molar-refractivity contribution in [3.05, 3.63) is 99.6 Å². The van der Waals surface area contributed by atoms with Crippen LogP contribution in [-0.2, 0) is 11.2 Å². The highest BCUT2D eigenvalue weighted by atomic mass is 16.6. The third kappa shape index (κ3) is 3.42. The average molecular weight is 401 g/mol. The summed E-state index contributed by atoms with van der Waals surface area (Å²) < 4.78 is 0. The van der Waals surface area contributed by atoms with Gasteiger partial charge in [0.15, 0.2) is 0 Å². The van der Waals surface area contributed by atoms with Gasteiger partial charge in [-0.2, -0.15) is 0 Å². The van der Waals surface area contributed by atoms with E-state index in [1.807, 2.05) is 0 Å². The van der Waals surface area contributed by atoms with Crippen molar-refractivity contribution in [1.82, 2.24) is 0 Å². The Morgan fingerprint density at radius 1 is 0.900 bits per heavy atom. The first-order valence-electron chi connectivity index (χ1n) is 9.06. The molecule has 4 rings (SSSR count). The van der Waals surface area contributed by atoms with Crippen molar-refractivity contribution in [2.45, 2.75) is 6.42 Å². The van der Waals surface area contributed by atoms with Gasteiger partial charge >= 0.3 is 0 Å². The summed E-state index contributed by atoms with van der Waals surface area (Å²) in [4.78, 5) is 49.3. The Bertz CT molecular complexity index is 1170. The molecule has 0 fully saturated rings. The summed E-state index contributed by atoms with van der Waals surface area (Å²) >= 11 is 0. The Balaban J connectivity index is 1.54. The molecule has 1 aliphatic heterocycles. The van der Waals surface area contributed by atoms with E-state index in [1.54, 1.807) is 48.5 Å². The molecule has 8 nitrogen and oxygen atoms in total. The fraction of sp³-hybridized carbons (Fsp3) is 0.0455. The minimum atomic E-state index is -0.536. The van der Waals surface area contributed by atoms with Gasteiger partial charge in [-0.05, 0) is 30.3 Å². The second-order valence-corrected chi connectivity index (χ2v) is 6.65. The lowest BCUT2D eigenvalue weighted by Gasteiger charge is -2.15. The molecule has 0 unspecified atom stereocenters. The molecule has 8 heteroatoms. The van der Waals surface area contributed by atoms with Gasteiger partial charge in [0, 0.05) is 17.3 Å². The largest absolute Gasteiger partial charge is 0.326 e. The number of nitrogens with one attached hydrogen (secondary N) is 1. The molecule has 0 aliphatic carbocycles. The SMILES string of the molecule is O=C(Cc1ccccc1[N+](=O)[O-])Nc1cccc(N2C(=O)c3ccccc3C2=O)c1. The van der Waals surface area contributed by atoms with Gasteiger partial charge in [0.2, 0.25) is 5.91 Å². The standard InChI is InChI=1S/C22H15N3O5/c26-20(12-14-6-1-4-11-19(14)25(29)30)23-15-7-5-8-16(13-15)24-21(27)17-9-2-3-10-18(17)22(24)28/h1-11,13H,12H2,(H,23,26). The first kappa shape index (κ1) is 19.0. The highest BCUT2D eigenvalue weighted by Crippen LogP contribution is 2.30. The number of hydrogen-bond acceptors (Lipinski definition) is 5. The van der Waals surface area contributed by atoms with Crippen LogP contribution in [0, 0.1) is 10.1 Å². The summed E-state index contributed by atoms with van der Waals surface area (Å²) in [6, 6.07) is 18.9. The molecular weight excluding hydrogens is 386 g/mol. The molecule has 1 aliphatic rings. The van der Waals surface area contributed by atoms with Crippen LogP contribution < -0.4 is 10.2 Å². The summed E-state index contributed by atoms with van der Waals surface area (Å²) in [7, 11) is 0. The number of nitro benzene ring substituents is 1. The van der Waals surface area contributed by atoms with Crippen LogP contribution in [0.1, 0.15) is 26.3 Å². The molecule has 0 saturated heterocycles. The van der Waals surface area contributed by atoms with Crippen LogP contribution >= 0.6 is 0 Å². The lowest BCUT2D eigenvalue weighted by molar-refractivity contribution is -0.385. The fourth-order valence-electron chi connectivity index (χ4n) is 3.36. The zero-order valence-corrected chi connectivity index (χ0v) is 15.6. The number of rotatable bonds is 5. The summed E-state index contributed by atoms with van der Waals surface area (Å²) in [5.41, 5.74) is 1.50. The first-order valence-corrected chi connectivity index (χ1v) is 9.06. The highest BCUT2D eigenvalue weighted by Gasteiger charge is 2.36. The Morgan fingerprint density at radius 3 is 2.20 bits per heavy atom. The number of anilines is 2. The lowest BCUT2D eigenvalue weighted by atomic mass is 10.1. The van der Waals surface area contributed by atoms with Gasteiger partial charge in [-0.25, -0.2) is 4.90 Å². The van der Waals surface area contributed by atoms with E-state index < -0.39 is 22.6 Å². The Morgan fingerprint density at radius 2 is 1.53 bits per heavy atom. The molecule has 0 spiro atoms. The van der Waals surface area contributed by atoms with Crippen molar-refractivity contribution in [1.29, 1.82) is 0 Å². The Kier molecular flexibility index (Phi) is 4.81. The maximum Gasteiger partial charge on any atom is 0.273 e. The second-order valence-electron chi connectivity index (χ2n) is 6.65. The predicted octanol–water partition coefficient (Wildman–Crippen LogP) is 3.58. The van der Waals surface area contributed by atoms with Crippen LogP contribution in [0.25, 0.3) is 0 Å². The number of nitro groups is 1. The number of para-hydroxylation sites is 1. The summed E-state index contributed by atoms with van der Waals surface area (Å²) in [6.07, 6.45) is -0.186. The smallest absolute Gasteiger partial charge is 0.273 e. The monoisotopic (exact) mass is 401 g/mol. The zero-order valence-electron chi connectivity index (χ0n) is 15.6. The number of carbonyl (C=O) groups is 3. The Hall–Kier alpha value is -4.33. The van der Waals surface area contributed by atoms with Crippen LogP contribution in [-0.4, -0.2) is 22.6 Å². The zero-order chi connectivity index (χ0) is 21.3. The van der Waals surface area contributed by atoms with Crippen molar-refractivity contribution in [2.24, 2.45) is 0 Å². The van der Waals surface area contributed by atoms with E-state index in [1.165, 1.54) is 24.3 Å². The molecule has 3 aromatic rings. The molecule has 1 heterocycles. The minimum absolute atomic E-state index is 0.132. The number of carbonyl (C=O) groups excluding carboxylic acids is 3. The van der Waals surface area contributed by atoms with Crippen molar-refractivity contribution >= 4 is 34.8 Å². The van der Waals surface area contributed by atoms with Gasteiger partial charge in [-0.1, -0.05) is 36.4 Å². The lowest BCUT2D eigenvalue weighted by Crippen LogP contribution is -2.29. The number of imide groups is 1. The van der Waals surface area contributed by atoms with E-state index in [2.05, 4.69) is 5.32 Å². The van der Waals surface area contributed by atoms with Gasteiger partial charge in [0.25, 0.3) is 17.5 Å². The van der Waals surface area contributed by atoms with Crippen LogP contribution in [0.5, 0.6) is 0 Å². The maximum atomic E-state index is 12.6. The fourth-order valence-corrected chi connectivity index (χ4v) is 3.36.